The Morgan fingerprint density at radius 3 is 2.46 bits per heavy atom. The maximum Gasteiger partial charge on any atom is 0.344 e. The number of carbonyl (C=O) groups is 2. The average molecular weight is 400 g/mol. The highest BCUT2D eigenvalue weighted by atomic mass is 35.5. The van der Waals surface area contributed by atoms with Crippen molar-refractivity contribution in [2.75, 3.05) is 0 Å². The third kappa shape index (κ3) is 4.88. The van der Waals surface area contributed by atoms with Crippen molar-refractivity contribution in [3.8, 4) is 11.5 Å². The van der Waals surface area contributed by atoms with Crippen molar-refractivity contribution in [3.05, 3.63) is 58.1 Å². The smallest absolute Gasteiger partial charge is 0.344 e. The van der Waals surface area contributed by atoms with E-state index in [2.05, 4.69) is 0 Å². The first-order chi connectivity index (χ1) is 11.9. The lowest BCUT2D eigenvalue weighted by molar-refractivity contribution is -0.145. The summed E-state index contributed by atoms with van der Waals surface area (Å²) in [6.45, 7) is 1.79. The number of phenols is 1. The molecule has 26 heavy (non-hydrogen) atoms. The molecule has 0 heterocycles. The highest BCUT2D eigenvalue weighted by molar-refractivity contribution is 6.35. The zero-order valence-corrected chi connectivity index (χ0v) is 15.5. The Kier molecular flexibility index (Phi) is 7.89. The first kappa shape index (κ1) is 21.8. The van der Waals surface area contributed by atoms with Crippen molar-refractivity contribution in [2.24, 2.45) is 5.73 Å². The third-order valence-electron chi connectivity index (χ3n) is 3.67. The number of carbonyl (C=O) groups excluding carboxylic acids is 1. The molecule has 2 aromatic carbocycles. The number of carboxylic acid groups (broad SMARTS) is 1. The Balaban J connectivity index is 0.00000338. The summed E-state index contributed by atoms with van der Waals surface area (Å²) in [5, 5.41) is 18.8. The normalized spacial score (nSPS) is 11.3. The zero-order valence-electron chi connectivity index (χ0n) is 13.9. The van der Waals surface area contributed by atoms with E-state index in [0.29, 0.717) is 17.5 Å². The molecule has 0 radical (unpaired) electrons. The molecule has 0 aliphatic rings. The number of halogens is 2. The van der Waals surface area contributed by atoms with Gasteiger partial charge in [0, 0.05) is 23.2 Å². The van der Waals surface area contributed by atoms with Crippen LogP contribution in [0.4, 0.5) is 0 Å². The Hall–Kier alpha value is -2.28. The van der Waals surface area contributed by atoms with Crippen molar-refractivity contribution < 1.29 is 24.5 Å². The summed E-state index contributed by atoms with van der Waals surface area (Å²) in [5.74, 6) is -1.12. The number of aromatic hydroxyl groups is 1. The lowest BCUT2D eigenvalue weighted by atomic mass is 10.0. The minimum Gasteiger partial charge on any atom is -0.508 e. The molecule has 0 saturated heterocycles. The summed E-state index contributed by atoms with van der Waals surface area (Å²) in [6.07, 6.45) is -0.690. The first-order valence-electron chi connectivity index (χ1n) is 7.63. The Morgan fingerprint density at radius 1 is 1.23 bits per heavy atom. The lowest BCUT2D eigenvalue weighted by Crippen LogP contribution is -2.25. The molecular weight excluding hydrogens is 381 g/mol. The van der Waals surface area contributed by atoms with Crippen LogP contribution in [0.3, 0.4) is 0 Å². The minimum atomic E-state index is -1.07. The molecule has 0 aliphatic heterocycles. The maximum absolute atomic E-state index is 12.6. The van der Waals surface area contributed by atoms with E-state index in [1.54, 1.807) is 6.92 Å². The zero-order chi connectivity index (χ0) is 18.6. The number of ketones is 1. The average Bonchev–Trinajstić information content (AvgIpc) is 2.59. The summed E-state index contributed by atoms with van der Waals surface area (Å²) >= 11 is 6.16. The first-order valence-corrected chi connectivity index (χ1v) is 8.00. The van der Waals surface area contributed by atoms with Crippen molar-refractivity contribution in [2.45, 2.75) is 26.0 Å². The number of aliphatic carboxylic acids is 1. The van der Waals surface area contributed by atoms with Crippen LogP contribution in [0.1, 0.15) is 34.8 Å². The van der Waals surface area contributed by atoms with Crippen LogP contribution in [0, 0.1) is 0 Å². The second-order valence-corrected chi connectivity index (χ2v) is 5.78. The van der Waals surface area contributed by atoms with Crippen molar-refractivity contribution in [3.63, 3.8) is 0 Å². The fourth-order valence-electron chi connectivity index (χ4n) is 2.27. The van der Waals surface area contributed by atoms with Gasteiger partial charge < -0.3 is 20.7 Å². The van der Waals surface area contributed by atoms with Crippen LogP contribution in [-0.4, -0.2) is 28.1 Å². The van der Waals surface area contributed by atoms with Gasteiger partial charge in [-0.1, -0.05) is 18.5 Å². The molecule has 0 aliphatic carbocycles. The molecular formula is C18H19Cl2NO5. The van der Waals surface area contributed by atoms with E-state index in [4.69, 9.17) is 27.2 Å². The van der Waals surface area contributed by atoms with Crippen molar-refractivity contribution in [1.29, 1.82) is 0 Å². The number of rotatable bonds is 7. The molecule has 1 unspecified atom stereocenters. The Labute approximate surface area is 161 Å². The molecule has 2 rings (SSSR count). The highest BCUT2D eigenvalue weighted by Crippen LogP contribution is 2.27. The molecule has 0 fully saturated rings. The van der Waals surface area contributed by atoms with Gasteiger partial charge in [0.1, 0.15) is 11.5 Å². The highest BCUT2D eigenvalue weighted by Gasteiger charge is 2.19. The van der Waals surface area contributed by atoms with Gasteiger partial charge >= 0.3 is 5.97 Å². The van der Waals surface area contributed by atoms with Gasteiger partial charge in [0.2, 0.25) is 0 Å². The van der Waals surface area contributed by atoms with Gasteiger partial charge in [-0.2, -0.15) is 0 Å². The summed E-state index contributed by atoms with van der Waals surface area (Å²) in [6, 6.07) is 8.77. The monoisotopic (exact) mass is 399 g/mol. The molecule has 1 atom stereocenters. The SMILES string of the molecule is CCC(Oc1ccc(C(=O)c2ccc(O)c(CN)c2)c(Cl)c1)C(=O)O.Cl. The molecule has 0 amide bonds. The lowest BCUT2D eigenvalue weighted by Gasteiger charge is -2.14. The molecule has 4 N–H and O–H groups in total. The molecule has 140 valence electrons. The van der Waals surface area contributed by atoms with E-state index in [-0.39, 0.29) is 46.8 Å². The number of nitrogens with two attached hydrogens (primary N) is 1. The number of benzene rings is 2. The predicted octanol–water partition coefficient (Wildman–Crippen LogP) is 3.40. The van der Waals surface area contributed by atoms with Gasteiger partial charge in [-0.25, -0.2) is 4.79 Å². The van der Waals surface area contributed by atoms with Crippen LogP contribution in [0.25, 0.3) is 0 Å². The molecule has 0 bridgehead atoms. The minimum absolute atomic E-state index is 0. The number of hydrogen-bond acceptors (Lipinski definition) is 5. The van der Waals surface area contributed by atoms with Crippen molar-refractivity contribution >= 4 is 35.8 Å². The third-order valence-corrected chi connectivity index (χ3v) is 3.98. The fourth-order valence-corrected chi connectivity index (χ4v) is 2.53. The van der Waals surface area contributed by atoms with Gasteiger partial charge in [-0.15, -0.1) is 12.4 Å². The molecule has 8 heteroatoms. The van der Waals surface area contributed by atoms with Crippen LogP contribution in [0.15, 0.2) is 36.4 Å². The molecule has 6 nitrogen and oxygen atoms in total. The van der Waals surface area contributed by atoms with Crippen LogP contribution < -0.4 is 10.5 Å². The van der Waals surface area contributed by atoms with Gasteiger partial charge in [0.05, 0.1) is 5.02 Å². The number of ether oxygens (including phenoxy) is 1. The quantitative estimate of drug-likeness (QED) is 0.615. The predicted molar refractivity (Wildman–Crippen MR) is 100 cm³/mol. The van der Waals surface area contributed by atoms with E-state index in [1.165, 1.54) is 36.4 Å². The van der Waals surface area contributed by atoms with E-state index < -0.39 is 12.1 Å². The molecule has 0 spiro atoms. The largest absolute Gasteiger partial charge is 0.508 e. The summed E-state index contributed by atoms with van der Waals surface area (Å²) in [5.41, 5.74) is 6.56. The van der Waals surface area contributed by atoms with Crippen LogP contribution in [0.5, 0.6) is 11.5 Å². The second kappa shape index (κ2) is 9.43. The Bertz CT molecular complexity index is 810. The summed E-state index contributed by atoms with van der Waals surface area (Å²) in [7, 11) is 0. The van der Waals surface area contributed by atoms with Gasteiger partial charge in [-0.05, 0) is 42.8 Å². The van der Waals surface area contributed by atoms with Crippen LogP contribution in [0.2, 0.25) is 5.02 Å². The molecule has 0 aromatic heterocycles. The fraction of sp³-hybridized carbons (Fsp3) is 0.222. The van der Waals surface area contributed by atoms with Gasteiger partial charge in [0.15, 0.2) is 11.9 Å². The summed E-state index contributed by atoms with van der Waals surface area (Å²) < 4.78 is 5.35. The number of carboxylic acids is 1. The van der Waals surface area contributed by atoms with E-state index >= 15 is 0 Å². The topological polar surface area (TPSA) is 110 Å². The Morgan fingerprint density at radius 2 is 1.92 bits per heavy atom. The molecule has 2 aromatic rings. The van der Waals surface area contributed by atoms with E-state index in [9.17, 15) is 14.7 Å². The summed E-state index contributed by atoms with van der Waals surface area (Å²) in [4.78, 5) is 23.6. The number of hydrogen-bond donors (Lipinski definition) is 3. The van der Waals surface area contributed by atoms with Crippen molar-refractivity contribution in [1.82, 2.24) is 0 Å². The molecule has 0 saturated carbocycles. The van der Waals surface area contributed by atoms with Gasteiger partial charge in [0.25, 0.3) is 0 Å². The van der Waals surface area contributed by atoms with E-state index in [1.807, 2.05) is 0 Å². The number of phenolic OH excluding ortho intramolecular Hbond substituents is 1. The van der Waals surface area contributed by atoms with Gasteiger partial charge in [-0.3, -0.25) is 4.79 Å². The standard InChI is InChI=1S/C18H18ClNO5.ClH/c1-2-16(18(23)24)25-12-4-5-13(14(19)8-12)17(22)10-3-6-15(21)11(7-10)9-20;/h3-8,16,21H,2,9,20H2,1H3,(H,23,24);1H. The van der Waals surface area contributed by atoms with E-state index in [0.717, 1.165) is 0 Å². The second-order valence-electron chi connectivity index (χ2n) is 5.37. The van der Waals surface area contributed by atoms with Crippen LogP contribution in [-0.2, 0) is 11.3 Å². The maximum atomic E-state index is 12.6. The van der Waals surface area contributed by atoms with Crippen LogP contribution >= 0.6 is 24.0 Å².